The first-order valence-corrected chi connectivity index (χ1v) is 9.93. The lowest BCUT2D eigenvalue weighted by molar-refractivity contribution is 0.0209. The molecular formula is C22H23N5O2. The number of nitrogen functional groups attached to an aromatic ring is 1. The van der Waals surface area contributed by atoms with Crippen LogP contribution in [-0.4, -0.2) is 45.1 Å². The van der Waals surface area contributed by atoms with E-state index in [1.807, 2.05) is 24.3 Å². The number of ether oxygens (including phenoxy) is 1. The molecule has 1 aliphatic carbocycles. The Labute approximate surface area is 168 Å². The van der Waals surface area contributed by atoms with Gasteiger partial charge in [-0.1, -0.05) is 11.8 Å². The monoisotopic (exact) mass is 389 g/mol. The number of benzene rings is 1. The molecule has 5 rings (SSSR count). The van der Waals surface area contributed by atoms with Crippen molar-refractivity contribution >= 4 is 22.5 Å². The first kappa shape index (κ1) is 18.0. The Morgan fingerprint density at radius 2 is 2.03 bits per heavy atom. The van der Waals surface area contributed by atoms with Crippen molar-refractivity contribution < 1.29 is 9.84 Å². The third kappa shape index (κ3) is 3.53. The number of anilines is 2. The van der Waals surface area contributed by atoms with Gasteiger partial charge in [-0.15, -0.1) is 0 Å². The Balaban J connectivity index is 1.55. The number of fused-ring (bicyclic) bond motifs is 1. The molecule has 29 heavy (non-hydrogen) atoms. The van der Waals surface area contributed by atoms with Crippen LogP contribution in [0.4, 0.5) is 11.6 Å². The van der Waals surface area contributed by atoms with Crippen LogP contribution >= 0.6 is 0 Å². The molecular weight excluding hydrogens is 366 g/mol. The van der Waals surface area contributed by atoms with Gasteiger partial charge in [-0.3, -0.25) is 5.10 Å². The number of aromatic amines is 1. The molecule has 7 nitrogen and oxygen atoms in total. The third-order valence-corrected chi connectivity index (χ3v) is 5.65. The standard InChI is InChI=1S/C22H23N5O2/c23-21-18-10-16(14-4-8-24-19(11-14)25-17-12-29-13-17)9-15(20(18)26-27-21)3-7-22(28)5-1-2-6-22/h4,8-11,17,28H,1-2,5-6,12-13H2,(H,24,25)(H3,23,26,27). The quantitative estimate of drug-likeness (QED) is 0.513. The van der Waals surface area contributed by atoms with Crippen molar-refractivity contribution in [3.63, 3.8) is 0 Å². The predicted molar refractivity (Wildman–Crippen MR) is 112 cm³/mol. The van der Waals surface area contributed by atoms with E-state index in [0.29, 0.717) is 25.1 Å². The Hall–Kier alpha value is -3.08. The second kappa shape index (κ2) is 7.07. The Bertz CT molecular complexity index is 1120. The minimum absolute atomic E-state index is 0.304. The van der Waals surface area contributed by atoms with E-state index in [9.17, 15) is 5.11 Å². The van der Waals surface area contributed by atoms with E-state index in [-0.39, 0.29) is 0 Å². The molecule has 2 aliphatic rings. The molecule has 0 bridgehead atoms. The zero-order valence-corrected chi connectivity index (χ0v) is 16.0. The van der Waals surface area contributed by atoms with E-state index in [2.05, 4.69) is 32.3 Å². The van der Waals surface area contributed by atoms with Crippen molar-refractivity contribution in [1.82, 2.24) is 15.2 Å². The summed E-state index contributed by atoms with van der Waals surface area (Å²) in [6, 6.07) is 8.30. The maximum atomic E-state index is 10.6. The van der Waals surface area contributed by atoms with Crippen LogP contribution in [-0.2, 0) is 4.74 Å². The molecule has 3 heterocycles. The maximum absolute atomic E-state index is 10.6. The number of nitrogens with zero attached hydrogens (tertiary/aromatic N) is 2. The van der Waals surface area contributed by atoms with Crippen molar-refractivity contribution in [2.75, 3.05) is 24.3 Å². The van der Waals surface area contributed by atoms with Gasteiger partial charge in [-0.25, -0.2) is 4.98 Å². The fourth-order valence-corrected chi connectivity index (χ4v) is 3.89. The average Bonchev–Trinajstić information content (AvgIpc) is 3.30. The van der Waals surface area contributed by atoms with Crippen LogP contribution in [0.2, 0.25) is 0 Å². The first-order valence-electron chi connectivity index (χ1n) is 9.93. The van der Waals surface area contributed by atoms with Crippen molar-refractivity contribution in [2.45, 2.75) is 37.3 Å². The van der Waals surface area contributed by atoms with Crippen LogP contribution in [0.5, 0.6) is 0 Å². The Morgan fingerprint density at radius 3 is 2.79 bits per heavy atom. The van der Waals surface area contributed by atoms with Gasteiger partial charge in [-0.05, 0) is 61.1 Å². The summed E-state index contributed by atoms with van der Waals surface area (Å²) in [6.07, 6.45) is 5.25. The molecule has 0 amide bonds. The molecule has 0 unspecified atom stereocenters. The average molecular weight is 389 g/mol. The fraction of sp³-hybridized carbons (Fsp3) is 0.364. The molecule has 148 valence electrons. The lowest BCUT2D eigenvalue weighted by atomic mass is 9.99. The second-order valence-electron chi connectivity index (χ2n) is 7.85. The highest BCUT2D eigenvalue weighted by molar-refractivity contribution is 5.96. The van der Waals surface area contributed by atoms with Gasteiger partial charge in [0.25, 0.3) is 0 Å². The summed E-state index contributed by atoms with van der Waals surface area (Å²) in [7, 11) is 0. The zero-order valence-electron chi connectivity index (χ0n) is 16.0. The minimum Gasteiger partial charge on any atom is -0.382 e. The van der Waals surface area contributed by atoms with E-state index >= 15 is 0 Å². The molecule has 0 atom stereocenters. The summed E-state index contributed by atoms with van der Waals surface area (Å²) in [5.74, 6) is 7.51. The highest BCUT2D eigenvalue weighted by Gasteiger charge is 2.28. The summed E-state index contributed by atoms with van der Waals surface area (Å²) in [5.41, 5.74) is 8.74. The molecule has 0 radical (unpaired) electrons. The largest absolute Gasteiger partial charge is 0.382 e. The number of hydrogen-bond acceptors (Lipinski definition) is 6. The molecule has 1 saturated carbocycles. The predicted octanol–water partition coefficient (Wildman–Crippen LogP) is 2.67. The molecule has 2 aromatic heterocycles. The zero-order chi connectivity index (χ0) is 19.8. The van der Waals surface area contributed by atoms with Crippen LogP contribution in [0.3, 0.4) is 0 Å². The van der Waals surface area contributed by atoms with Crippen LogP contribution < -0.4 is 11.1 Å². The lowest BCUT2D eigenvalue weighted by Gasteiger charge is -2.27. The summed E-state index contributed by atoms with van der Waals surface area (Å²) in [5, 5.41) is 21.9. The van der Waals surface area contributed by atoms with Gasteiger partial charge >= 0.3 is 0 Å². The molecule has 0 spiro atoms. The Morgan fingerprint density at radius 1 is 1.21 bits per heavy atom. The second-order valence-corrected chi connectivity index (χ2v) is 7.85. The van der Waals surface area contributed by atoms with E-state index < -0.39 is 5.60 Å². The fourth-order valence-electron chi connectivity index (χ4n) is 3.89. The van der Waals surface area contributed by atoms with Gasteiger partial charge in [0, 0.05) is 11.6 Å². The van der Waals surface area contributed by atoms with Crippen molar-refractivity contribution in [1.29, 1.82) is 0 Å². The van der Waals surface area contributed by atoms with E-state index in [4.69, 9.17) is 10.5 Å². The number of aromatic nitrogens is 3. The van der Waals surface area contributed by atoms with Crippen LogP contribution in [0.25, 0.3) is 22.0 Å². The van der Waals surface area contributed by atoms with Gasteiger partial charge in [0.05, 0.1) is 30.3 Å². The number of aliphatic hydroxyl groups is 1. The minimum atomic E-state index is -0.896. The maximum Gasteiger partial charge on any atom is 0.153 e. The SMILES string of the molecule is Nc1n[nH]c2c(C#CC3(O)CCCC3)cc(-c3ccnc(NC4COC4)c3)cc12. The molecule has 1 aromatic carbocycles. The molecule has 1 saturated heterocycles. The van der Waals surface area contributed by atoms with Crippen LogP contribution in [0.1, 0.15) is 31.2 Å². The topological polar surface area (TPSA) is 109 Å². The van der Waals surface area contributed by atoms with Crippen molar-refractivity contribution in [3.8, 4) is 23.0 Å². The number of nitrogens with two attached hydrogens (primary N) is 1. The Kier molecular flexibility index (Phi) is 4.38. The van der Waals surface area contributed by atoms with Gasteiger partial charge in [0.2, 0.25) is 0 Å². The van der Waals surface area contributed by atoms with E-state index in [1.165, 1.54) is 0 Å². The van der Waals surface area contributed by atoms with Gasteiger partial charge < -0.3 is 20.9 Å². The molecule has 3 aromatic rings. The van der Waals surface area contributed by atoms with Crippen molar-refractivity contribution in [2.24, 2.45) is 0 Å². The summed E-state index contributed by atoms with van der Waals surface area (Å²) in [6.45, 7) is 1.40. The van der Waals surface area contributed by atoms with Crippen LogP contribution in [0.15, 0.2) is 30.5 Å². The number of nitrogens with one attached hydrogen (secondary N) is 2. The number of hydrogen-bond donors (Lipinski definition) is 4. The first-order chi connectivity index (χ1) is 14.1. The van der Waals surface area contributed by atoms with Gasteiger partial charge in [-0.2, -0.15) is 5.10 Å². The lowest BCUT2D eigenvalue weighted by Crippen LogP contribution is -2.40. The van der Waals surface area contributed by atoms with Crippen LogP contribution in [0, 0.1) is 11.8 Å². The summed E-state index contributed by atoms with van der Waals surface area (Å²) < 4.78 is 5.22. The molecule has 5 N–H and O–H groups in total. The summed E-state index contributed by atoms with van der Waals surface area (Å²) >= 11 is 0. The van der Waals surface area contributed by atoms with Gasteiger partial charge in [0.1, 0.15) is 11.4 Å². The normalized spacial score (nSPS) is 18.2. The van der Waals surface area contributed by atoms with Crippen molar-refractivity contribution in [3.05, 3.63) is 36.0 Å². The van der Waals surface area contributed by atoms with E-state index in [0.717, 1.165) is 59.1 Å². The molecule has 1 aliphatic heterocycles. The summed E-state index contributed by atoms with van der Waals surface area (Å²) in [4.78, 5) is 4.41. The number of H-pyrrole nitrogens is 1. The van der Waals surface area contributed by atoms with E-state index in [1.54, 1.807) is 6.20 Å². The number of rotatable bonds is 3. The smallest absolute Gasteiger partial charge is 0.153 e. The highest BCUT2D eigenvalue weighted by Crippen LogP contribution is 2.32. The number of pyridine rings is 1. The third-order valence-electron chi connectivity index (χ3n) is 5.65. The highest BCUT2D eigenvalue weighted by atomic mass is 16.5. The van der Waals surface area contributed by atoms with Gasteiger partial charge in [0.15, 0.2) is 5.82 Å². The molecule has 2 fully saturated rings. The molecule has 7 heteroatoms.